The number of aromatic nitrogens is 2. The number of thiophene rings is 1. The van der Waals surface area contributed by atoms with E-state index < -0.39 is 0 Å². The van der Waals surface area contributed by atoms with E-state index in [9.17, 15) is 0 Å². The third-order valence-electron chi connectivity index (χ3n) is 2.97. The van der Waals surface area contributed by atoms with Crippen molar-refractivity contribution in [2.24, 2.45) is 5.92 Å². The maximum absolute atomic E-state index is 4.30. The van der Waals surface area contributed by atoms with Crippen molar-refractivity contribution in [1.82, 2.24) is 9.97 Å². The Morgan fingerprint density at radius 2 is 2.12 bits per heavy atom. The average molecular weight is 235 g/mol. The molecule has 1 N–H and O–H groups in total. The second-order valence-electron chi connectivity index (χ2n) is 3.93. The predicted octanol–water partition coefficient (Wildman–Crippen LogP) is 3.54. The van der Waals surface area contributed by atoms with Crippen LogP contribution in [0.5, 0.6) is 0 Å². The number of nitrogens with one attached hydrogen (secondary N) is 1. The van der Waals surface area contributed by atoms with Crippen molar-refractivity contribution in [1.29, 1.82) is 0 Å². The van der Waals surface area contributed by atoms with Gasteiger partial charge in [0, 0.05) is 6.54 Å². The molecular formula is C12H17N3S. The molecule has 0 fully saturated rings. The van der Waals surface area contributed by atoms with E-state index in [1.54, 1.807) is 17.7 Å². The zero-order chi connectivity index (χ0) is 11.4. The number of hydrogen-bond donors (Lipinski definition) is 1. The van der Waals surface area contributed by atoms with Gasteiger partial charge < -0.3 is 5.32 Å². The van der Waals surface area contributed by atoms with E-state index in [4.69, 9.17) is 0 Å². The van der Waals surface area contributed by atoms with Crippen molar-refractivity contribution in [3.63, 3.8) is 0 Å². The molecular weight excluding hydrogens is 218 g/mol. The molecule has 3 nitrogen and oxygen atoms in total. The number of fused-ring (bicyclic) bond motifs is 1. The van der Waals surface area contributed by atoms with Gasteiger partial charge >= 0.3 is 0 Å². The fourth-order valence-corrected chi connectivity index (χ4v) is 2.48. The van der Waals surface area contributed by atoms with E-state index in [2.05, 4.69) is 40.6 Å². The highest BCUT2D eigenvalue weighted by atomic mass is 32.1. The largest absolute Gasteiger partial charge is 0.369 e. The SMILES string of the molecule is CCC(CC)CNc1ncnc2sccc12. The van der Waals surface area contributed by atoms with Gasteiger partial charge in [-0.2, -0.15) is 0 Å². The maximum atomic E-state index is 4.30. The van der Waals surface area contributed by atoms with Crippen LogP contribution in [0.25, 0.3) is 10.2 Å². The molecule has 2 aromatic heterocycles. The highest BCUT2D eigenvalue weighted by Crippen LogP contribution is 2.24. The molecule has 0 amide bonds. The summed E-state index contributed by atoms with van der Waals surface area (Å²) in [5, 5.41) is 6.63. The molecule has 16 heavy (non-hydrogen) atoms. The summed E-state index contributed by atoms with van der Waals surface area (Å²) in [4.78, 5) is 9.60. The molecule has 0 radical (unpaired) electrons. The van der Waals surface area contributed by atoms with Crippen molar-refractivity contribution in [2.75, 3.05) is 11.9 Å². The van der Waals surface area contributed by atoms with Gasteiger partial charge in [-0.25, -0.2) is 9.97 Å². The van der Waals surface area contributed by atoms with Gasteiger partial charge in [-0.3, -0.25) is 0 Å². The molecule has 0 aliphatic carbocycles. The molecule has 2 rings (SSSR count). The molecule has 2 heterocycles. The normalized spacial score (nSPS) is 11.2. The van der Waals surface area contributed by atoms with Crippen molar-refractivity contribution in [3.8, 4) is 0 Å². The second-order valence-corrected chi connectivity index (χ2v) is 4.82. The Hall–Kier alpha value is -1.16. The van der Waals surface area contributed by atoms with Crippen LogP contribution < -0.4 is 5.32 Å². The van der Waals surface area contributed by atoms with Gasteiger partial charge in [0.15, 0.2) is 0 Å². The molecule has 0 bridgehead atoms. The van der Waals surface area contributed by atoms with Crippen LogP contribution in [0.1, 0.15) is 26.7 Å². The summed E-state index contributed by atoms with van der Waals surface area (Å²) >= 11 is 1.66. The molecule has 0 aliphatic heterocycles. The Kier molecular flexibility index (Phi) is 3.72. The summed E-state index contributed by atoms with van der Waals surface area (Å²) in [6.07, 6.45) is 4.05. The van der Waals surface area contributed by atoms with Crippen molar-refractivity contribution < 1.29 is 0 Å². The molecule has 86 valence electrons. The van der Waals surface area contributed by atoms with Crippen LogP contribution >= 0.6 is 11.3 Å². The second kappa shape index (κ2) is 5.25. The molecule has 0 aromatic carbocycles. The van der Waals surface area contributed by atoms with Crippen molar-refractivity contribution in [3.05, 3.63) is 17.8 Å². The quantitative estimate of drug-likeness (QED) is 0.861. The lowest BCUT2D eigenvalue weighted by Crippen LogP contribution is -2.13. The topological polar surface area (TPSA) is 37.8 Å². The molecule has 0 atom stereocenters. The molecule has 4 heteroatoms. The first-order valence-corrected chi connectivity index (χ1v) is 6.65. The molecule has 2 aromatic rings. The summed E-state index contributed by atoms with van der Waals surface area (Å²) in [5.74, 6) is 1.70. The van der Waals surface area contributed by atoms with Crippen LogP contribution in [0, 0.1) is 5.92 Å². The lowest BCUT2D eigenvalue weighted by molar-refractivity contribution is 0.518. The van der Waals surface area contributed by atoms with Gasteiger partial charge in [0.25, 0.3) is 0 Å². The van der Waals surface area contributed by atoms with E-state index >= 15 is 0 Å². The standard InChI is InChI=1S/C12H17N3S/c1-3-9(4-2)7-13-11-10-5-6-16-12(10)15-8-14-11/h5-6,8-9H,3-4,7H2,1-2H3,(H,13,14,15). The Balaban J connectivity index is 2.11. The molecule has 0 spiro atoms. The van der Waals surface area contributed by atoms with E-state index in [1.807, 2.05) is 0 Å². The van der Waals surface area contributed by atoms with Crippen LogP contribution in [0.15, 0.2) is 17.8 Å². The highest BCUT2D eigenvalue weighted by molar-refractivity contribution is 7.16. The zero-order valence-electron chi connectivity index (χ0n) is 9.73. The van der Waals surface area contributed by atoms with Gasteiger partial charge in [-0.1, -0.05) is 26.7 Å². The molecule has 0 saturated carbocycles. The third kappa shape index (κ3) is 2.32. The van der Waals surface area contributed by atoms with E-state index in [0.29, 0.717) is 0 Å². The van der Waals surface area contributed by atoms with Gasteiger partial charge in [-0.15, -0.1) is 11.3 Å². The van der Waals surface area contributed by atoms with Gasteiger partial charge in [0.1, 0.15) is 17.0 Å². The minimum absolute atomic E-state index is 0.726. The fourth-order valence-electron chi connectivity index (χ4n) is 1.75. The smallest absolute Gasteiger partial charge is 0.138 e. The zero-order valence-corrected chi connectivity index (χ0v) is 10.5. The highest BCUT2D eigenvalue weighted by Gasteiger charge is 2.07. The number of anilines is 1. The average Bonchev–Trinajstić information content (AvgIpc) is 2.79. The Bertz CT molecular complexity index is 448. The van der Waals surface area contributed by atoms with Crippen LogP contribution in [0.4, 0.5) is 5.82 Å². The summed E-state index contributed by atoms with van der Waals surface area (Å²) in [5.41, 5.74) is 0. The minimum Gasteiger partial charge on any atom is -0.369 e. The van der Waals surface area contributed by atoms with Gasteiger partial charge in [0.05, 0.1) is 5.39 Å². The number of rotatable bonds is 5. The first kappa shape index (κ1) is 11.3. The molecule has 0 aliphatic rings. The first-order chi connectivity index (χ1) is 7.85. The van der Waals surface area contributed by atoms with E-state index in [-0.39, 0.29) is 0 Å². The molecule has 0 saturated heterocycles. The number of hydrogen-bond acceptors (Lipinski definition) is 4. The van der Waals surface area contributed by atoms with Crippen molar-refractivity contribution >= 4 is 27.4 Å². The van der Waals surface area contributed by atoms with Crippen LogP contribution in [-0.4, -0.2) is 16.5 Å². The Labute approximate surface area is 99.9 Å². The minimum atomic E-state index is 0.726. The lowest BCUT2D eigenvalue weighted by atomic mass is 10.0. The Morgan fingerprint density at radius 3 is 2.88 bits per heavy atom. The van der Waals surface area contributed by atoms with Gasteiger partial charge in [0.2, 0.25) is 0 Å². The van der Waals surface area contributed by atoms with E-state index in [0.717, 1.165) is 28.5 Å². The Morgan fingerprint density at radius 1 is 1.31 bits per heavy atom. The summed E-state index contributed by atoms with van der Waals surface area (Å²) in [6, 6.07) is 2.08. The summed E-state index contributed by atoms with van der Waals surface area (Å²) < 4.78 is 0. The van der Waals surface area contributed by atoms with E-state index in [1.165, 1.54) is 12.8 Å². The predicted molar refractivity (Wildman–Crippen MR) is 70.0 cm³/mol. The number of nitrogens with zero attached hydrogens (tertiary/aromatic N) is 2. The summed E-state index contributed by atoms with van der Waals surface area (Å²) in [7, 11) is 0. The van der Waals surface area contributed by atoms with Crippen LogP contribution in [0.3, 0.4) is 0 Å². The lowest BCUT2D eigenvalue weighted by Gasteiger charge is -2.13. The van der Waals surface area contributed by atoms with Crippen LogP contribution in [-0.2, 0) is 0 Å². The van der Waals surface area contributed by atoms with Crippen molar-refractivity contribution in [2.45, 2.75) is 26.7 Å². The first-order valence-electron chi connectivity index (χ1n) is 5.77. The third-order valence-corrected chi connectivity index (χ3v) is 3.80. The molecule has 0 unspecified atom stereocenters. The van der Waals surface area contributed by atoms with Crippen LogP contribution in [0.2, 0.25) is 0 Å². The maximum Gasteiger partial charge on any atom is 0.138 e. The summed E-state index contributed by atoms with van der Waals surface area (Å²) in [6.45, 7) is 5.46. The monoisotopic (exact) mass is 235 g/mol. The van der Waals surface area contributed by atoms with Gasteiger partial charge in [-0.05, 0) is 17.4 Å². The fraction of sp³-hybridized carbons (Fsp3) is 0.500.